The molecule has 1 aliphatic heterocycles. The molecular weight excluding hydrogens is 324 g/mol. The number of rotatable bonds is 3. The number of nitrogens with zero attached hydrogens (tertiary/aromatic N) is 5. The third-order valence-corrected chi connectivity index (χ3v) is 4.31. The number of carbonyl (C=O) groups excluding carboxylic acids is 2. The van der Waals surface area contributed by atoms with Crippen LogP contribution in [0, 0.1) is 12.8 Å². The number of piperazine rings is 1. The number of amides is 2. The van der Waals surface area contributed by atoms with Gasteiger partial charge in [0.15, 0.2) is 0 Å². The average molecular weight is 346 g/mol. The van der Waals surface area contributed by atoms with Crippen LogP contribution in [0.5, 0.6) is 0 Å². The van der Waals surface area contributed by atoms with Gasteiger partial charge < -0.3 is 9.80 Å². The molecule has 3 heterocycles. The van der Waals surface area contributed by atoms with Gasteiger partial charge in [-0.05, 0) is 19.8 Å². The summed E-state index contributed by atoms with van der Waals surface area (Å²) < 4.78 is 1.14. The molecule has 134 valence electrons. The van der Waals surface area contributed by atoms with Crippen LogP contribution in [0.25, 0.3) is 5.78 Å². The lowest BCUT2D eigenvalue weighted by molar-refractivity contribution is -0.140. The number of aryl methyl sites for hydroxylation is 1. The molecule has 0 aromatic carbocycles. The van der Waals surface area contributed by atoms with Crippen molar-refractivity contribution in [1.82, 2.24) is 29.4 Å². The summed E-state index contributed by atoms with van der Waals surface area (Å²) in [7, 11) is 0. The number of hydrogen-bond acceptors (Lipinski definition) is 5. The lowest BCUT2D eigenvalue weighted by atomic mass is 10.1. The fourth-order valence-corrected chi connectivity index (χ4v) is 3.09. The van der Waals surface area contributed by atoms with Crippen molar-refractivity contribution >= 4 is 17.6 Å². The van der Waals surface area contributed by atoms with Gasteiger partial charge in [0.05, 0.1) is 0 Å². The fourth-order valence-electron chi connectivity index (χ4n) is 3.09. The molecule has 0 aliphatic carbocycles. The Balaban J connectivity index is 1.88. The molecular formula is C16H22N6O3. The van der Waals surface area contributed by atoms with Crippen LogP contribution in [-0.4, -0.2) is 66.9 Å². The Kier molecular flexibility index (Phi) is 4.32. The van der Waals surface area contributed by atoms with Crippen molar-refractivity contribution in [2.45, 2.75) is 33.7 Å². The molecule has 2 aromatic rings. The lowest BCUT2D eigenvalue weighted by Gasteiger charge is -2.39. The van der Waals surface area contributed by atoms with E-state index in [2.05, 4.69) is 15.1 Å². The van der Waals surface area contributed by atoms with Gasteiger partial charge in [-0.2, -0.15) is 9.50 Å². The second-order valence-electron chi connectivity index (χ2n) is 6.77. The molecule has 0 spiro atoms. The highest BCUT2D eigenvalue weighted by Crippen LogP contribution is 2.15. The van der Waals surface area contributed by atoms with Crippen LogP contribution in [0.4, 0.5) is 0 Å². The molecule has 0 saturated carbocycles. The summed E-state index contributed by atoms with van der Waals surface area (Å²) in [5.41, 5.74) is -0.585. The van der Waals surface area contributed by atoms with E-state index in [1.165, 1.54) is 11.1 Å². The van der Waals surface area contributed by atoms with Crippen molar-refractivity contribution < 1.29 is 9.59 Å². The van der Waals surface area contributed by atoms with Crippen LogP contribution < -0.4 is 5.56 Å². The van der Waals surface area contributed by atoms with Crippen LogP contribution in [0.15, 0.2) is 11.0 Å². The van der Waals surface area contributed by atoms with Crippen LogP contribution in [0.2, 0.25) is 0 Å². The maximum atomic E-state index is 12.8. The van der Waals surface area contributed by atoms with Gasteiger partial charge in [-0.25, -0.2) is 4.98 Å². The summed E-state index contributed by atoms with van der Waals surface area (Å²) in [5.74, 6) is 0.521. The standard InChI is InChI=1S/C16H22N6O3/c1-9(2)8-20-5-6-21(10(3)13(20)23)14(24)12-7-17-16-18-11(4)19-22(16)15(12)25/h7,9-10H,5-6,8H2,1-4H3,(H,17,18,19)/t10-/m0/s1. The van der Waals surface area contributed by atoms with Gasteiger partial charge >= 0.3 is 0 Å². The molecule has 9 nitrogen and oxygen atoms in total. The van der Waals surface area contributed by atoms with Gasteiger partial charge in [-0.1, -0.05) is 13.8 Å². The molecule has 0 bridgehead atoms. The zero-order chi connectivity index (χ0) is 18.3. The first-order valence-corrected chi connectivity index (χ1v) is 8.33. The largest absolute Gasteiger partial charge is 0.339 e. The molecule has 0 unspecified atom stereocenters. The third-order valence-electron chi connectivity index (χ3n) is 4.31. The van der Waals surface area contributed by atoms with Gasteiger partial charge in [0.25, 0.3) is 17.2 Å². The average Bonchev–Trinajstić information content (AvgIpc) is 2.93. The molecule has 25 heavy (non-hydrogen) atoms. The first-order valence-electron chi connectivity index (χ1n) is 8.33. The molecule has 2 aromatic heterocycles. The Hall–Kier alpha value is -2.71. The normalized spacial score (nSPS) is 18.4. The highest BCUT2D eigenvalue weighted by molar-refractivity contribution is 5.97. The molecule has 2 amide bonds. The number of hydrogen-bond donors (Lipinski definition) is 1. The Labute approximate surface area is 144 Å². The van der Waals surface area contributed by atoms with Crippen LogP contribution in [-0.2, 0) is 4.79 Å². The van der Waals surface area contributed by atoms with Gasteiger partial charge in [0.2, 0.25) is 5.91 Å². The molecule has 0 radical (unpaired) electrons. The van der Waals surface area contributed by atoms with Crippen LogP contribution >= 0.6 is 0 Å². The zero-order valence-electron chi connectivity index (χ0n) is 14.8. The Morgan fingerprint density at radius 3 is 2.76 bits per heavy atom. The first kappa shape index (κ1) is 17.1. The van der Waals surface area contributed by atoms with Gasteiger partial charge in [-0.15, -0.1) is 0 Å². The predicted molar refractivity (Wildman–Crippen MR) is 90.3 cm³/mol. The van der Waals surface area contributed by atoms with Crippen molar-refractivity contribution in [2.75, 3.05) is 19.6 Å². The van der Waals surface area contributed by atoms with Crippen LogP contribution in [0.3, 0.4) is 0 Å². The second-order valence-corrected chi connectivity index (χ2v) is 6.77. The minimum Gasteiger partial charge on any atom is -0.339 e. The Morgan fingerprint density at radius 2 is 2.08 bits per heavy atom. The molecule has 1 atom stereocenters. The van der Waals surface area contributed by atoms with E-state index in [0.717, 1.165) is 4.52 Å². The highest BCUT2D eigenvalue weighted by atomic mass is 16.2. The van der Waals surface area contributed by atoms with Crippen LogP contribution in [0.1, 0.15) is 37.0 Å². The topological polar surface area (TPSA) is 104 Å². The van der Waals surface area contributed by atoms with E-state index in [4.69, 9.17) is 0 Å². The summed E-state index contributed by atoms with van der Waals surface area (Å²) in [6, 6.07) is -0.608. The van der Waals surface area contributed by atoms with E-state index in [1.54, 1.807) is 18.7 Å². The van der Waals surface area contributed by atoms with Gasteiger partial charge in [0, 0.05) is 25.8 Å². The summed E-state index contributed by atoms with van der Waals surface area (Å²) in [5, 5.41) is 2.76. The monoisotopic (exact) mass is 346 g/mol. The first-order chi connectivity index (χ1) is 11.8. The summed E-state index contributed by atoms with van der Waals surface area (Å²) in [4.78, 5) is 49.2. The summed E-state index contributed by atoms with van der Waals surface area (Å²) >= 11 is 0. The summed E-state index contributed by atoms with van der Waals surface area (Å²) in [6.45, 7) is 9.00. The van der Waals surface area contributed by atoms with E-state index in [1.807, 2.05) is 13.8 Å². The number of nitrogens with one attached hydrogen (secondary N) is 1. The summed E-state index contributed by atoms with van der Waals surface area (Å²) in [6.07, 6.45) is 1.23. The lowest BCUT2D eigenvalue weighted by Crippen LogP contribution is -2.58. The number of aromatic nitrogens is 4. The number of aromatic amines is 1. The highest BCUT2D eigenvalue weighted by Gasteiger charge is 2.35. The van der Waals surface area contributed by atoms with E-state index < -0.39 is 17.5 Å². The van der Waals surface area contributed by atoms with E-state index in [0.29, 0.717) is 31.4 Å². The van der Waals surface area contributed by atoms with Crippen molar-refractivity contribution in [3.05, 3.63) is 27.9 Å². The maximum absolute atomic E-state index is 12.8. The fraction of sp³-hybridized carbons (Fsp3) is 0.562. The molecule has 1 aliphatic rings. The Bertz CT molecular complexity index is 884. The van der Waals surface area contributed by atoms with Crippen molar-refractivity contribution in [3.8, 4) is 0 Å². The van der Waals surface area contributed by atoms with Crippen molar-refractivity contribution in [1.29, 1.82) is 0 Å². The number of fused-ring (bicyclic) bond motifs is 1. The van der Waals surface area contributed by atoms with E-state index in [9.17, 15) is 14.4 Å². The van der Waals surface area contributed by atoms with Gasteiger partial charge in [0.1, 0.15) is 17.4 Å². The SMILES string of the molecule is Cc1nc2ncc(C(=O)N3CCN(CC(C)C)C(=O)[C@@H]3C)c(=O)n2[nH]1. The molecule has 1 saturated heterocycles. The minimum absolute atomic E-state index is 0.0712. The second kappa shape index (κ2) is 6.30. The Morgan fingerprint density at radius 1 is 1.36 bits per heavy atom. The van der Waals surface area contributed by atoms with E-state index in [-0.39, 0.29) is 17.2 Å². The van der Waals surface area contributed by atoms with Gasteiger partial charge in [-0.3, -0.25) is 19.5 Å². The molecule has 1 N–H and O–H groups in total. The quantitative estimate of drug-likeness (QED) is 0.846. The van der Waals surface area contributed by atoms with Crippen molar-refractivity contribution in [3.63, 3.8) is 0 Å². The molecule has 9 heteroatoms. The predicted octanol–water partition coefficient (Wildman–Crippen LogP) is 0.0549. The number of carbonyl (C=O) groups is 2. The van der Waals surface area contributed by atoms with Crippen molar-refractivity contribution in [2.24, 2.45) is 5.92 Å². The maximum Gasteiger partial charge on any atom is 0.286 e. The smallest absolute Gasteiger partial charge is 0.286 e. The number of H-pyrrole nitrogens is 1. The van der Waals surface area contributed by atoms with E-state index >= 15 is 0 Å². The zero-order valence-corrected chi connectivity index (χ0v) is 14.8. The molecule has 3 rings (SSSR count). The molecule has 1 fully saturated rings. The minimum atomic E-state index is -0.608. The third kappa shape index (κ3) is 3.01.